The molecule has 0 saturated carbocycles. The van der Waals surface area contributed by atoms with Crippen molar-refractivity contribution in [3.05, 3.63) is 42.2 Å². The van der Waals surface area contributed by atoms with Crippen LogP contribution in [0.3, 0.4) is 0 Å². The van der Waals surface area contributed by atoms with E-state index in [2.05, 4.69) is 25.5 Å². The first-order valence-corrected chi connectivity index (χ1v) is 8.40. The smallest absolute Gasteiger partial charge is 0.180 e. The van der Waals surface area contributed by atoms with Gasteiger partial charge < -0.3 is 5.32 Å². The summed E-state index contributed by atoms with van der Waals surface area (Å²) in [7, 11) is -3.41. The fourth-order valence-electron chi connectivity index (χ4n) is 2.03. The van der Waals surface area contributed by atoms with Crippen molar-refractivity contribution in [3.8, 4) is 0 Å². The topological polar surface area (TPSA) is 102 Å². The molecule has 3 aromatic rings. The maximum absolute atomic E-state index is 11.8. The summed E-state index contributed by atoms with van der Waals surface area (Å²) >= 11 is 0. The van der Waals surface area contributed by atoms with Crippen molar-refractivity contribution in [2.75, 3.05) is 11.6 Å². The summed E-state index contributed by atoms with van der Waals surface area (Å²) in [6.45, 7) is 1.99. The maximum Gasteiger partial charge on any atom is 0.180 e. The molecule has 0 fully saturated rings. The summed E-state index contributed by atoms with van der Waals surface area (Å²) in [5.41, 5.74) is 0.724. The van der Waals surface area contributed by atoms with E-state index in [4.69, 9.17) is 0 Å². The molecule has 1 N–H and O–H groups in total. The van der Waals surface area contributed by atoms with Gasteiger partial charge in [-0.1, -0.05) is 6.07 Å². The van der Waals surface area contributed by atoms with Crippen molar-refractivity contribution in [3.63, 3.8) is 0 Å². The fraction of sp³-hybridized carbons (Fsp3) is 0.231. The highest BCUT2D eigenvalue weighted by molar-refractivity contribution is 7.90. The number of sulfone groups is 1. The Kier molecular flexibility index (Phi) is 3.49. The molecule has 3 heterocycles. The molecule has 0 spiro atoms. The summed E-state index contributed by atoms with van der Waals surface area (Å²) < 4.78 is 25.4. The van der Waals surface area contributed by atoms with E-state index >= 15 is 0 Å². The first-order valence-electron chi connectivity index (χ1n) is 6.51. The second kappa shape index (κ2) is 5.34. The van der Waals surface area contributed by atoms with Gasteiger partial charge in [-0.15, -0.1) is 10.2 Å². The lowest BCUT2D eigenvalue weighted by Gasteiger charge is -2.09. The first kappa shape index (κ1) is 14.4. The second-order valence-corrected chi connectivity index (χ2v) is 6.79. The summed E-state index contributed by atoms with van der Waals surface area (Å²) in [4.78, 5) is 8.16. The molecule has 9 heteroatoms. The normalized spacial score (nSPS) is 11.7. The number of fused-ring (bicyclic) bond motifs is 1. The van der Waals surface area contributed by atoms with Crippen LogP contribution in [-0.2, 0) is 16.4 Å². The molecule has 0 aliphatic carbocycles. The molecular formula is C13H14N6O2S. The molecule has 3 aromatic heterocycles. The van der Waals surface area contributed by atoms with Gasteiger partial charge in [-0.05, 0) is 19.1 Å². The molecule has 0 unspecified atom stereocenters. The zero-order valence-electron chi connectivity index (χ0n) is 12.1. The number of pyridine rings is 1. The van der Waals surface area contributed by atoms with Crippen LogP contribution < -0.4 is 5.32 Å². The van der Waals surface area contributed by atoms with Crippen LogP contribution >= 0.6 is 0 Å². The van der Waals surface area contributed by atoms with Crippen LogP contribution in [0.5, 0.6) is 0 Å². The number of aryl methyl sites for hydroxylation is 1. The molecule has 22 heavy (non-hydrogen) atoms. The molecule has 0 saturated heterocycles. The number of hydrogen-bond acceptors (Lipinski definition) is 7. The Balaban J connectivity index is 1.92. The van der Waals surface area contributed by atoms with Gasteiger partial charge in [0.2, 0.25) is 0 Å². The molecule has 114 valence electrons. The van der Waals surface area contributed by atoms with Crippen LogP contribution in [0.2, 0.25) is 0 Å². The average molecular weight is 318 g/mol. The van der Waals surface area contributed by atoms with Crippen LogP contribution in [0, 0.1) is 6.92 Å². The van der Waals surface area contributed by atoms with Gasteiger partial charge in [0.1, 0.15) is 16.5 Å². The minimum atomic E-state index is -3.41. The molecule has 0 aliphatic rings. The van der Waals surface area contributed by atoms with E-state index in [-0.39, 0.29) is 10.7 Å². The quantitative estimate of drug-likeness (QED) is 0.760. The Morgan fingerprint density at radius 3 is 2.86 bits per heavy atom. The highest BCUT2D eigenvalue weighted by Crippen LogP contribution is 2.18. The van der Waals surface area contributed by atoms with Gasteiger partial charge in [0.15, 0.2) is 21.3 Å². The SMILES string of the molecule is Cc1ncc(S(C)(=O)=O)c(NCc2nnc3ccccn23)n1. The van der Waals surface area contributed by atoms with Gasteiger partial charge in [-0.3, -0.25) is 4.40 Å². The number of anilines is 1. The van der Waals surface area contributed by atoms with Crippen molar-refractivity contribution >= 4 is 21.3 Å². The molecule has 0 aliphatic heterocycles. The van der Waals surface area contributed by atoms with E-state index in [0.29, 0.717) is 18.2 Å². The number of aromatic nitrogens is 5. The lowest BCUT2D eigenvalue weighted by molar-refractivity contribution is 0.601. The van der Waals surface area contributed by atoms with Crippen LogP contribution in [0.4, 0.5) is 5.82 Å². The minimum absolute atomic E-state index is 0.0620. The van der Waals surface area contributed by atoms with Gasteiger partial charge in [0.05, 0.1) is 12.7 Å². The zero-order valence-corrected chi connectivity index (χ0v) is 12.9. The van der Waals surface area contributed by atoms with Crippen molar-refractivity contribution in [1.82, 2.24) is 24.6 Å². The summed E-state index contributed by atoms with van der Waals surface area (Å²) in [6.07, 6.45) is 4.27. The first-order chi connectivity index (χ1) is 10.4. The second-order valence-electron chi connectivity index (χ2n) is 4.80. The Hall–Kier alpha value is -2.55. The van der Waals surface area contributed by atoms with Gasteiger partial charge in [0.25, 0.3) is 0 Å². The van der Waals surface area contributed by atoms with Crippen molar-refractivity contribution < 1.29 is 8.42 Å². The third-order valence-electron chi connectivity index (χ3n) is 3.07. The van der Waals surface area contributed by atoms with E-state index in [1.807, 2.05) is 28.8 Å². The van der Waals surface area contributed by atoms with E-state index in [1.165, 1.54) is 6.20 Å². The lowest BCUT2D eigenvalue weighted by atomic mass is 10.4. The predicted octanol–water partition coefficient (Wildman–Crippen LogP) is 0.843. The van der Waals surface area contributed by atoms with Gasteiger partial charge in [-0.2, -0.15) is 0 Å². The van der Waals surface area contributed by atoms with Crippen LogP contribution in [-0.4, -0.2) is 39.2 Å². The van der Waals surface area contributed by atoms with E-state index in [9.17, 15) is 8.42 Å². The average Bonchev–Trinajstić information content (AvgIpc) is 2.87. The van der Waals surface area contributed by atoms with E-state index in [1.54, 1.807) is 6.92 Å². The van der Waals surface area contributed by atoms with Crippen LogP contribution in [0.15, 0.2) is 35.5 Å². The Morgan fingerprint density at radius 2 is 2.09 bits per heavy atom. The van der Waals surface area contributed by atoms with Gasteiger partial charge in [0, 0.05) is 12.5 Å². The molecule has 3 rings (SSSR count). The Labute approximate surface area is 127 Å². The molecular weight excluding hydrogens is 304 g/mol. The van der Waals surface area contributed by atoms with Gasteiger partial charge >= 0.3 is 0 Å². The zero-order chi connectivity index (χ0) is 15.7. The van der Waals surface area contributed by atoms with E-state index < -0.39 is 9.84 Å². The highest BCUT2D eigenvalue weighted by Gasteiger charge is 2.16. The van der Waals surface area contributed by atoms with Gasteiger partial charge in [-0.25, -0.2) is 18.4 Å². The molecule has 0 amide bonds. The third-order valence-corrected chi connectivity index (χ3v) is 4.17. The summed E-state index contributed by atoms with van der Waals surface area (Å²) in [5.74, 6) is 1.41. The van der Waals surface area contributed by atoms with E-state index in [0.717, 1.165) is 11.9 Å². The monoisotopic (exact) mass is 318 g/mol. The molecule has 0 radical (unpaired) electrons. The minimum Gasteiger partial charge on any atom is -0.362 e. The molecule has 0 atom stereocenters. The molecule has 8 nitrogen and oxygen atoms in total. The number of rotatable bonds is 4. The molecule has 0 bridgehead atoms. The van der Waals surface area contributed by atoms with Crippen LogP contribution in [0.25, 0.3) is 5.65 Å². The lowest BCUT2D eigenvalue weighted by Crippen LogP contribution is -2.11. The number of nitrogens with one attached hydrogen (secondary N) is 1. The van der Waals surface area contributed by atoms with Crippen molar-refractivity contribution in [2.24, 2.45) is 0 Å². The third kappa shape index (κ3) is 2.75. The maximum atomic E-state index is 11.8. The van der Waals surface area contributed by atoms with Crippen LogP contribution in [0.1, 0.15) is 11.6 Å². The highest BCUT2D eigenvalue weighted by atomic mass is 32.2. The summed E-state index contributed by atoms with van der Waals surface area (Å²) in [6, 6.07) is 5.58. The Morgan fingerprint density at radius 1 is 1.27 bits per heavy atom. The predicted molar refractivity (Wildman–Crippen MR) is 80.2 cm³/mol. The van der Waals surface area contributed by atoms with Crippen molar-refractivity contribution in [2.45, 2.75) is 18.4 Å². The fourth-order valence-corrected chi connectivity index (χ4v) is 2.74. The molecule has 0 aromatic carbocycles. The number of hydrogen-bond donors (Lipinski definition) is 1. The largest absolute Gasteiger partial charge is 0.362 e. The summed E-state index contributed by atoms with van der Waals surface area (Å²) in [5, 5.41) is 11.1. The Bertz CT molecular complexity index is 935. The van der Waals surface area contributed by atoms with Crippen molar-refractivity contribution in [1.29, 1.82) is 0 Å². The standard InChI is InChI=1S/C13H14N6O2S/c1-9-14-7-10(22(2,20)21)13(16-9)15-8-12-18-17-11-5-3-4-6-19(11)12/h3-7H,8H2,1-2H3,(H,14,15,16). The number of nitrogens with zero attached hydrogens (tertiary/aromatic N) is 5.